The maximum absolute atomic E-state index is 5.27. The molecular formula is C11H21N5O2. The quantitative estimate of drug-likeness (QED) is 0.640. The standard InChI is InChI=1S/C11H21N5O2/c1-4-17-8-6-7-13-10-14-9(12-3)15-11(16-10)18-5-2/h4-8H2,1-3H3,(H2,12,13,14,15,16). The van der Waals surface area contributed by atoms with E-state index < -0.39 is 0 Å². The van der Waals surface area contributed by atoms with Crippen LogP contribution >= 0.6 is 0 Å². The van der Waals surface area contributed by atoms with Gasteiger partial charge in [0.15, 0.2) is 0 Å². The molecule has 0 aromatic carbocycles. The fourth-order valence-corrected chi connectivity index (χ4v) is 1.26. The first-order valence-electron chi connectivity index (χ1n) is 6.18. The van der Waals surface area contributed by atoms with Gasteiger partial charge in [0.2, 0.25) is 11.9 Å². The Balaban J connectivity index is 2.50. The molecule has 0 fully saturated rings. The lowest BCUT2D eigenvalue weighted by atomic mass is 10.4. The molecule has 0 spiro atoms. The van der Waals surface area contributed by atoms with Gasteiger partial charge in [-0.3, -0.25) is 0 Å². The van der Waals surface area contributed by atoms with E-state index in [0.29, 0.717) is 24.5 Å². The highest BCUT2D eigenvalue weighted by Crippen LogP contribution is 2.10. The van der Waals surface area contributed by atoms with Crippen LogP contribution in [0, 0.1) is 0 Å². The van der Waals surface area contributed by atoms with E-state index >= 15 is 0 Å². The van der Waals surface area contributed by atoms with E-state index in [-0.39, 0.29) is 0 Å². The van der Waals surface area contributed by atoms with Gasteiger partial charge >= 0.3 is 6.01 Å². The van der Waals surface area contributed by atoms with Crippen LogP contribution in [0.2, 0.25) is 0 Å². The average molecular weight is 255 g/mol. The molecule has 0 bridgehead atoms. The third kappa shape index (κ3) is 5.13. The summed E-state index contributed by atoms with van der Waals surface area (Å²) >= 11 is 0. The predicted octanol–water partition coefficient (Wildman–Crippen LogP) is 1.15. The third-order valence-electron chi connectivity index (χ3n) is 2.06. The van der Waals surface area contributed by atoms with E-state index in [1.54, 1.807) is 7.05 Å². The zero-order valence-corrected chi connectivity index (χ0v) is 11.2. The highest BCUT2D eigenvalue weighted by atomic mass is 16.5. The summed E-state index contributed by atoms with van der Waals surface area (Å²) in [7, 11) is 1.75. The molecule has 1 rings (SSSR count). The van der Waals surface area contributed by atoms with Crippen LogP contribution in [0.1, 0.15) is 20.3 Å². The van der Waals surface area contributed by atoms with Gasteiger partial charge in [-0.1, -0.05) is 0 Å². The van der Waals surface area contributed by atoms with Crippen molar-refractivity contribution < 1.29 is 9.47 Å². The third-order valence-corrected chi connectivity index (χ3v) is 2.06. The molecule has 0 aliphatic carbocycles. The molecular weight excluding hydrogens is 234 g/mol. The summed E-state index contributed by atoms with van der Waals surface area (Å²) in [4.78, 5) is 12.4. The highest BCUT2D eigenvalue weighted by molar-refractivity contribution is 5.35. The summed E-state index contributed by atoms with van der Waals surface area (Å²) in [5.41, 5.74) is 0. The van der Waals surface area contributed by atoms with Gasteiger partial charge in [-0.05, 0) is 20.3 Å². The van der Waals surface area contributed by atoms with Gasteiger partial charge in [-0.15, -0.1) is 0 Å². The van der Waals surface area contributed by atoms with Crippen molar-refractivity contribution in [1.82, 2.24) is 15.0 Å². The molecule has 1 aromatic rings. The van der Waals surface area contributed by atoms with Gasteiger partial charge in [0.1, 0.15) is 0 Å². The van der Waals surface area contributed by atoms with Crippen molar-refractivity contribution in [3.8, 4) is 6.01 Å². The lowest BCUT2D eigenvalue weighted by molar-refractivity contribution is 0.147. The van der Waals surface area contributed by atoms with Gasteiger partial charge in [-0.2, -0.15) is 15.0 Å². The lowest BCUT2D eigenvalue weighted by Crippen LogP contribution is -2.11. The zero-order valence-electron chi connectivity index (χ0n) is 11.2. The molecule has 102 valence electrons. The van der Waals surface area contributed by atoms with Crippen LogP contribution < -0.4 is 15.4 Å². The molecule has 1 heterocycles. The van der Waals surface area contributed by atoms with Crippen LogP contribution in [0.5, 0.6) is 6.01 Å². The van der Waals surface area contributed by atoms with Crippen LogP contribution in [0.3, 0.4) is 0 Å². The van der Waals surface area contributed by atoms with Gasteiger partial charge < -0.3 is 20.1 Å². The van der Waals surface area contributed by atoms with E-state index in [2.05, 4.69) is 25.6 Å². The van der Waals surface area contributed by atoms with E-state index in [4.69, 9.17) is 9.47 Å². The van der Waals surface area contributed by atoms with Gasteiger partial charge in [0.05, 0.1) is 6.61 Å². The molecule has 0 radical (unpaired) electrons. The second-order valence-electron chi connectivity index (χ2n) is 3.43. The van der Waals surface area contributed by atoms with Gasteiger partial charge in [-0.25, -0.2) is 0 Å². The largest absolute Gasteiger partial charge is 0.464 e. The van der Waals surface area contributed by atoms with Crippen molar-refractivity contribution in [2.75, 3.05) is 44.0 Å². The second-order valence-corrected chi connectivity index (χ2v) is 3.43. The van der Waals surface area contributed by atoms with Crippen LogP contribution in [0.15, 0.2) is 0 Å². The minimum absolute atomic E-state index is 0.323. The number of hydrogen-bond acceptors (Lipinski definition) is 7. The highest BCUT2D eigenvalue weighted by Gasteiger charge is 2.05. The van der Waals surface area contributed by atoms with Crippen molar-refractivity contribution in [2.45, 2.75) is 20.3 Å². The number of nitrogens with one attached hydrogen (secondary N) is 2. The number of nitrogens with zero attached hydrogens (tertiary/aromatic N) is 3. The first-order valence-corrected chi connectivity index (χ1v) is 6.18. The molecule has 0 unspecified atom stereocenters. The minimum Gasteiger partial charge on any atom is -0.464 e. The predicted molar refractivity (Wildman–Crippen MR) is 70.1 cm³/mol. The van der Waals surface area contributed by atoms with Gasteiger partial charge in [0, 0.05) is 26.8 Å². The molecule has 0 atom stereocenters. The Morgan fingerprint density at radius 3 is 2.50 bits per heavy atom. The van der Waals surface area contributed by atoms with Crippen molar-refractivity contribution in [3.05, 3.63) is 0 Å². The van der Waals surface area contributed by atoms with E-state index in [0.717, 1.165) is 26.2 Å². The molecule has 7 heteroatoms. The molecule has 0 aliphatic rings. The van der Waals surface area contributed by atoms with E-state index in [9.17, 15) is 0 Å². The van der Waals surface area contributed by atoms with Crippen LogP contribution in [0.4, 0.5) is 11.9 Å². The Hall–Kier alpha value is -1.63. The lowest BCUT2D eigenvalue weighted by Gasteiger charge is -2.08. The van der Waals surface area contributed by atoms with Crippen LogP contribution in [0.25, 0.3) is 0 Å². The number of aromatic nitrogens is 3. The number of hydrogen-bond donors (Lipinski definition) is 2. The summed E-state index contributed by atoms with van der Waals surface area (Å²) < 4.78 is 10.5. The topological polar surface area (TPSA) is 81.2 Å². The fourth-order valence-electron chi connectivity index (χ4n) is 1.26. The van der Waals surface area contributed by atoms with Crippen LogP contribution in [-0.2, 0) is 4.74 Å². The first-order chi connectivity index (χ1) is 8.80. The molecule has 0 saturated carbocycles. The molecule has 2 N–H and O–H groups in total. The van der Waals surface area contributed by atoms with Crippen molar-refractivity contribution in [1.29, 1.82) is 0 Å². The summed E-state index contributed by atoms with van der Waals surface area (Å²) in [5, 5.41) is 5.98. The summed E-state index contributed by atoms with van der Waals surface area (Å²) in [6, 6.07) is 0.323. The Labute approximate surface area is 107 Å². The summed E-state index contributed by atoms with van der Waals surface area (Å²) in [6.45, 7) is 6.61. The molecule has 1 aromatic heterocycles. The molecule has 0 saturated heterocycles. The second kappa shape index (κ2) is 8.46. The molecule has 0 amide bonds. The Bertz CT molecular complexity index is 348. The van der Waals surface area contributed by atoms with E-state index in [1.807, 2.05) is 13.8 Å². The fraction of sp³-hybridized carbons (Fsp3) is 0.727. The molecule has 7 nitrogen and oxygen atoms in total. The smallest absolute Gasteiger partial charge is 0.323 e. The number of ether oxygens (including phenoxy) is 2. The zero-order chi connectivity index (χ0) is 13.2. The minimum atomic E-state index is 0.323. The normalized spacial score (nSPS) is 10.2. The van der Waals surface area contributed by atoms with Crippen LogP contribution in [-0.4, -0.2) is 48.4 Å². The molecule has 18 heavy (non-hydrogen) atoms. The molecule has 0 aliphatic heterocycles. The maximum Gasteiger partial charge on any atom is 0.323 e. The Kier molecular flexibility index (Phi) is 6.78. The maximum atomic E-state index is 5.27. The summed E-state index contributed by atoms with van der Waals surface area (Å²) in [6.07, 6.45) is 0.901. The number of rotatable bonds is 9. The Morgan fingerprint density at radius 2 is 1.83 bits per heavy atom. The monoisotopic (exact) mass is 255 g/mol. The summed E-state index contributed by atoms with van der Waals surface area (Å²) in [5.74, 6) is 0.995. The number of anilines is 2. The Morgan fingerprint density at radius 1 is 1.06 bits per heavy atom. The average Bonchev–Trinajstić information content (AvgIpc) is 2.38. The SMILES string of the molecule is CCOCCCNc1nc(NC)nc(OCC)n1. The van der Waals surface area contributed by atoms with Crippen molar-refractivity contribution >= 4 is 11.9 Å². The first kappa shape index (κ1) is 14.4. The van der Waals surface area contributed by atoms with Gasteiger partial charge in [0.25, 0.3) is 0 Å². The van der Waals surface area contributed by atoms with Crippen molar-refractivity contribution in [2.24, 2.45) is 0 Å². The van der Waals surface area contributed by atoms with Crippen molar-refractivity contribution in [3.63, 3.8) is 0 Å². The van der Waals surface area contributed by atoms with E-state index in [1.165, 1.54) is 0 Å².